The van der Waals surface area contributed by atoms with Crippen LogP contribution >= 0.6 is 0 Å². The Hall–Kier alpha value is -3.21. The van der Waals surface area contributed by atoms with Gasteiger partial charge in [-0.05, 0) is 34.7 Å². The summed E-state index contributed by atoms with van der Waals surface area (Å²) in [5, 5.41) is 19.4. The van der Waals surface area contributed by atoms with Gasteiger partial charge in [0.1, 0.15) is 17.5 Å². The Labute approximate surface area is 153 Å². The number of benzene rings is 1. The van der Waals surface area contributed by atoms with Crippen LogP contribution in [0.5, 0.6) is 0 Å². The second-order valence-electron chi connectivity index (χ2n) is 7.13. The molecule has 2 aromatic heterocycles. The Bertz CT molecular complexity index is 1010. The first-order valence-electron chi connectivity index (χ1n) is 8.10. The molecule has 3 rings (SSSR count). The molecule has 0 amide bonds. The summed E-state index contributed by atoms with van der Waals surface area (Å²) in [7, 11) is 0. The van der Waals surface area contributed by atoms with Crippen LogP contribution in [0.1, 0.15) is 37.7 Å². The molecular weight excluding hydrogens is 355 g/mol. The Balaban J connectivity index is 2.16. The first-order valence-corrected chi connectivity index (χ1v) is 8.10. The van der Waals surface area contributed by atoms with Crippen molar-refractivity contribution in [3.8, 4) is 28.5 Å². The Morgan fingerprint density at radius 2 is 1.70 bits per heavy atom. The zero-order chi connectivity index (χ0) is 19.8. The Morgan fingerprint density at radius 1 is 1.00 bits per heavy atom. The molecule has 8 heteroatoms. The SMILES string of the molecule is CC(C)(C)c1cc(-c2ccc(C(F)(F)F)nc2)cc(-c2nn[nH]c2C#N)c1. The third kappa shape index (κ3) is 3.82. The van der Waals surface area contributed by atoms with E-state index in [1.165, 1.54) is 12.3 Å². The van der Waals surface area contributed by atoms with Crippen molar-refractivity contribution in [1.29, 1.82) is 5.26 Å². The summed E-state index contributed by atoms with van der Waals surface area (Å²) in [6.07, 6.45) is -3.29. The molecule has 1 N–H and O–H groups in total. The van der Waals surface area contributed by atoms with Crippen LogP contribution in [-0.4, -0.2) is 20.4 Å². The number of H-pyrrole nitrogens is 1. The second-order valence-corrected chi connectivity index (χ2v) is 7.13. The molecule has 27 heavy (non-hydrogen) atoms. The molecule has 3 aromatic rings. The Morgan fingerprint density at radius 3 is 2.26 bits per heavy atom. The molecule has 5 nitrogen and oxygen atoms in total. The average molecular weight is 371 g/mol. The standard InChI is InChI=1S/C19H16F3N5/c1-18(2,3)14-7-12(11-4-5-16(24-10-11)19(20,21)22)6-13(8-14)17-15(9-23)25-27-26-17/h4-8,10H,1-3H3,(H,25,26,27). The van der Waals surface area contributed by atoms with E-state index in [0.717, 1.165) is 11.6 Å². The van der Waals surface area contributed by atoms with Gasteiger partial charge in [0.25, 0.3) is 0 Å². The summed E-state index contributed by atoms with van der Waals surface area (Å²) in [5.74, 6) is 0. The fourth-order valence-corrected chi connectivity index (χ4v) is 2.60. The maximum absolute atomic E-state index is 12.8. The molecule has 0 radical (unpaired) electrons. The van der Waals surface area contributed by atoms with Gasteiger partial charge >= 0.3 is 6.18 Å². The molecule has 2 heterocycles. The summed E-state index contributed by atoms with van der Waals surface area (Å²) in [6, 6.07) is 9.90. The van der Waals surface area contributed by atoms with Gasteiger partial charge in [-0.1, -0.05) is 38.1 Å². The van der Waals surface area contributed by atoms with Crippen molar-refractivity contribution in [1.82, 2.24) is 20.4 Å². The van der Waals surface area contributed by atoms with Crippen molar-refractivity contribution >= 4 is 0 Å². The summed E-state index contributed by atoms with van der Waals surface area (Å²) < 4.78 is 38.3. The molecule has 0 aliphatic carbocycles. The van der Waals surface area contributed by atoms with Gasteiger partial charge in [-0.2, -0.15) is 18.4 Å². The number of nitriles is 1. The minimum absolute atomic E-state index is 0.220. The third-order valence-electron chi connectivity index (χ3n) is 4.12. The fraction of sp³-hybridized carbons (Fsp3) is 0.263. The number of pyridine rings is 1. The van der Waals surface area contributed by atoms with Gasteiger partial charge in [-0.3, -0.25) is 4.98 Å². The highest BCUT2D eigenvalue weighted by molar-refractivity contribution is 5.74. The van der Waals surface area contributed by atoms with Crippen LogP contribution < -0.4 is 0 Å². The minimum atomic E-state index is -4.49. The molecule has 0 fully saturated rings. The van der Waals surface area contributed by atoms with Crippen LogP contribution in [0.25, 0.3) is 22.4 Å². The fourth-order valence-electron chi connectivity index (χ4n) is 2.60. The topological polar surface area (TPSA) is 78.2 Å². The molecular formula is C19H16F3N5. The van der Waals surface area contributed by atoms with Crippen LogP contribution in [0.15, 0.2) is 36.5 Å². The maximum Gasteiger partial charge on any atom is 0.433 e. The number of rotatable bonds is 2. The van der Waals surface area contributed by atoms with E-state index in [1.807, 2.05) is 39.0 Å². The van der Waals surface area contributed by atoms with Crippen LogP contribution in [0, 0.1) is 11.3 Å². The zero-order valence-electron chi connectivity index (χ0n) is 14.9. The highest BCUT2D eigenvalue weighted by Crippen LogP contribution is 2.34. The van der Waals surface area contributed by atoms with Gasteiger partial charge < -0.3 is 0 Å². The minimum Gasteiger partial charge on any atom is -0.251 e. The van der Waals surface area contributed by atoms with E-state index in [4.69, 9.17) is 0 Å². The van der Waals surface area contributed by atoms with Crippen LogP contribution in [0.4, 0.5) is 13.2 Å². The van der Waals surface area contributed by atoms with E-state index in [-0.39, 0.29) is 11.1 Å². The first kappa shape index (κ1) is 18.6. The van der Waals surface area contributed by atoms with Crippen LogP contribution in [-0.2, 0) is 11.6 Å². The van der Waals surface area contributed by atoms with Gasteiger partial charge in [0.15, 0.2) is 5.69 Å². The number of alkyl halides is 3. The maximum atomic E-state index is 12.8. The highest BCUT2D eigenvalue weighted by Gasteiger charge is 2.32. The normalized spacial score (nSPS) is 12.0. The molecule has 0 aliphatic rings. The number of aromatic amines is 1. The number of halogens is 3. The first-order chi connectivity index (χ1) is 12.6. The molecule has 1 aromatic carbocycles. The van der Waals surface area contributed by atoms with Crippen molar-refractivity contribution in [3.05, 3.63) is 53.5 Å². The largest absolute Gasteiger partial charge is 0.433 e. The summed E-state index contributed by atoms with van der Waals surface area (Å²) in [4.78, 5) is 3.53. The molecule has 0 atom stereocenters. The summed E-state index contributed by atoms with van der Waals surface area (Å²) >= 11 is 0. The van der Waals surface area contributed by atoms with E-state index in [9.17, 15) is 18.4 Å². The van der Waals surface area contributed by atoms with Gasteiger partial charge in [-0.15, -0.1) is 5.10 Å². The molecule has 0 saturated carbocycles. The third-order valence-corrected chi connectivity index (χ3v) is 4.12. The number of nitrogens with one attached hydrogen (secondary N) is 1. The number of hydrogen-bond acceptors (Lipinski definition) is 4. The van der Waals surface area contributed by atoms with Crippen molar-refractivity contribution < 1.29 is 13.2 Å². The summed E-state index contributed by atoms with van der Waals surface area (Å²) in [5.41, 5.74) is 2.27. The van der Waals surface area contributed by atoms with Crippen molar-refractivity contribution in [2.75, 3.05) is 0 Å². The van der Waals surface area contributed by atoms with Crippen LogP contribution in [0.3, 0.4) is 0 Å². The second kappa shape index (κ2) is 6.50. The molecule has 0 aliphatic heterocycles. The zero-order valence-corrected chi connectivity index (χ0v) is 14.9. The lowest BCUT2D eigenvalue weighted by molar-refractivity contribution is -0.141. The molecule has 138 valence electrons. The van der Waals surface area contributed by atoms with Crippen molar-refractivity contribution in [2.45, 2.75) is 32.4 Å². The van der Waals surface area contributed by atoms with Gasteiger partial charge in [0, 0.05) is 17.3 Å². The van der Waals surface area contributed by atoms with Gasteiger partial charge in [-0.25, -0.2) is 5.10 Å². The smallest absolute Gasteiger partial charge is 0.251 e. The quantitative estimate of drug-likeness (QED) is 0.707. The monoisotopic (exact) mass is 371 g/mol. The number of aromatic nitrogens is 4. The van der Waals surface area contributed by atoms with E-state index >= 15 is 0 Å². The molecule has 0 saturated heterocycles. The van der Waals surface area contributed by atoms with E-state index in [2.05, 4.69) is 20.4 Å². The van der Waals surface area contributed by atoms with Gasteiger partial charge in [0.2, 0.25) is 0 Å². The van der Waals surface area contributed by atoms with E-state index in [1.54, 1.807) is 6.07 Å². The molecule has 0 spiro atoms. The van der Waals surface area contributed by atoms with Crippen LogP contribution in [0.2, 0.25) is 0 Å². The van der Waals surface area contributed by atoms with E-state index < -0.39 is 11.9 Å². The van der Waals surface area contributed by atoms with E-state index in [0.29, 0.717) is 22.4 Å². The van der Waals surface area contributed by atoms with Crippen molar-refractivity contribution in [2.24, 2.45) is 0 Å². The summed E-state index contributed by atoms with van der Waals surface area (Å²) in [6.45, 7) is 6.07. The number of hydrogen-bond donors (Lipinski definition) is 1. The predicted molar refractivity (Wildman–Crippen MR) is 93.5 cm³/mol. The lowest BCUT2D eigenvalue weighted by Gasteiger charge is -2.21. The predicted octanol–water partition coefficient (Wildman–Crippen LogP) is 4.72. The lowest BCUT2D eigenvalue weighted by Crippen LogP contribution is -2.11. The average Bonchev–Trinajstić information content (AvgIpc) is 3.09. The molecule has 0 bridgehead atoms. The van der Waals surface area contributed by atoms with Gasteiger partial charge in [0.05, 0.1) is 0 Å². The highest BCUT2D eigenvalue weighted by atomic mass is 19.4. The number of nitrogens with zero attached hydrogens (tertiary/aromatic N) is 4. The van der Waals surface area contributed by atoms with Crippen molar-refractivity contribution in [3.63, 3.8) is 0 Å². The Kier molecular flexibility index (Phi) is 4.47. The molecule has 0 unspecified atom stereocenters. The lowest BCUT2D eigenvalue weighted by atomic mass is 9.84.